The maximum absolute atomic E-state index is 11.2. The topological polar surface area (TPSA) is 37.3 Å². The SMILES string of the molecule is C=CCCCCCC1CC(C)CCC1C(=O)O. The average molecular weight is 238 g/mol. The highest BCUT2D eigenvalue weighted by Crippen LogP contribution is 2.36. The van der Waals surface area contributed by atoms with Crippen LogP contribution >= 0.6 is 0 Å². The number of unbranched alkanes of at least 4 members (excludes halogenated alkanes) is 3. The minimum absolute atomic E-state index is 0.0781. The Kier molecular flexibility index (Phi) is 6.31. The van der Waals surface area contributed by atoms with E-state index in [1.807, 2.05) is 6.08 Å². The van der Waals surface area contributed by atoms with E-state index in [0.717, 1.165) is 32.1 Å². The Balaban J connectivity index is 2.31. The van der Waals surface area contributed by atoms with E-state index < -0.39 is 5.97 Å². The van der Waals surface area contributed by atoms with E-state index in [4.69, 9.17) is 0 Å². The minimum Gasteiger partial charge on any atom is -0.481 e. The lowest BCUT2D eigenvalue weighted by molar-refractivity contribution is -0.145. The van der Waals surface area contributed by atoms with Crippen LogP contribution in [0, 0.1) is 17.8 Å². The molecular weight excluding hydrogens is 212 g/mol. The van der Waals surface area contributed by atoms with E-state index in [2.05, 4.69) is 13.5 Å². The van der Waals surface area contributed by atoms with Crippen molar-refractivity contribution in [3.63, 3.8) is 0 Å². The molecule has 1 rings (SSSR count). The van der Waals surface area contributed by atoms with Crippen LogP contribution in [0.2, 0.25) is 0 Å². The van der Waals surface area contributed by atoms with E-state index >= 15 is 0 Å². The lowest BCUT2D eigenvalue weighted by Crippen LogP contribution is -2.29. The summed E-state index contributed by atoms with van der Waals surface area (Å²) in [5, 5.41) is 9.22. The van der Waals surface area contributed by atoms with Crippen molar-refractivity contribution in [1.82, 2.24) is 0 Å². The molecule has 0 amide bonds. The number of carboxylic acid groups (broad SMARTS) is 1. The fraction of sp³-hybridized carbons (Fsp3) is 0.800. The number of hydrogen-bond donors (Lipinski definition) is 1. The third-order valence-electron chi connectivity index (χ3n) is 4.04. The molecular formula is C15H26O2. The van der Waals surface area contributed by atoms with Gasteiger partial charge in [0.25, 0.3) is 0 Å². The average Bonchev–Trinajstić information content (AvgIpc) is 2.28. The Morgan fingerprint density at radius 1 is 1.35 bits per heavy atom. The first-order chi connectivity index (χ1) is 8.15. The van der Waals surface area contributed by atoms with Crippen LogP contribution in [0.15, 0.2) is 12.7 Å². The molecule has 3 atom stereocenters. The molecule has 1 aliphatic rings. The summed E-state index contributed by atoms with van der Waals surface area (Å²) in [7, 11) is 0. The highest BCUT2D eigenvalue weighted by Gasteiger charge is 2.32. The van der Waals surface area contributed by atoms with Gasteiger partial charge in [0.1, 0.15) is 0 Å². The molecule has 0 bridgehead atoms. The van der Waals surface area contributed by atoms with E-state index in [1.165, 1.54) is 19.3 Å². The normalized spacial score (nSPS) is 28.9. The zero-order chi connectivity index (χ0) is 12.7. The summed E-state index contributed by atoms with van der Waals surface area (Å²) in [5.41, 5.74) is 0. The fourth-order valence-corrected chi connectivity index (χ4v) is 3.01. The third-order valence-corrected chi connectivity index (χ3v) is 4.04. The number of carbonyl (C=O) groups is 1. The molecule has 0 saturated heterocycles. The van der Waals surface area contributed by atoms with Crippen molar-refractivity contribution in [2.24, 2.45) is 17.8 Å². The molecule has 2 heteroatoms. The van der Waals surface area contributed by atoms with Crippen LogP contribution in [0.5, 0.6) is 0 Å². The molecule has 0 aliphatic heterocycles. The predicted molar refractivity (Wildman–Crippen MR) is 70.9 cm³/mol. The number of aliphatic carboxylic acids is 1. The van der Waals surface area contributed by atoms with Gasteiger partial charge in [0, 0.05) is 0 Å². The summed E-state index contributed by atoms with van der Waals surface area (Å²) in [4.78, 5) is 11.2. The molecule has 0 spiro atoms. The fourth-order valence-electron chi connectivity index (χ4n) is 3.01. The Hall–Kier alpha value is -0.790. The minimum atomic E-state index is -0.576. The predicted octanol–water partition coefficient (Wildman–Crippen LogP) is 4.26. The van der Waals surface area contributed by atoms with Gasteiger partial charge in [-0.2, -0.15) is 0 Å². The summed E-state index contributed by atoms with van der Waals surface area (Å²) in [6, 6.07) is 0. The second kappa shape index (κ2) is 7.52. The Morgan fingerprint density at radius 2 is 2.12 bits per heavy atom. The van der Waals surface area contributed by atoms with E-state index in [1.54, 1.807) is 0 Å². The molecule has 0 aromatic heterocycles. The molecule has 2 nitrogen and oxygen atoms in total. The van der Waals surface area contributed by atoms with Crippen LogP contribution < -0.4 is 0 Å². The van der Waals surface area contributed by atoms with E-state index in [-0.39, 0.29) is 5.92 Å². The van der Waals surface area contributed by atoms with Crippen molar-refractivity contribution < 1.29 is 9.90 Å². The summed E-state index contributed by atoms with van der Waals surface area (Å²) in [6.45, 7) is 5.97. The standard InChI is InChI=1S/C15H26O2/c1-3-4-5-6-7-8-13-11-12(2)9-10-14(13)15(16)17/h3,12-14H,1,4-11H2,2H3,(H,16,17). The van der Waals surface area contributed by atoms with Crippen molar-refractivity contribution in [2.45, 2.75) is 58.3 Å². The van der Waals surface area contributed by atoms with Crippen LogP contribution in [-0.2, 0) is 4.79 Å². The molecule has 1 saturated carbocycles. The van der Waals surface area contributed by atoms with Gasteiger partial charge in [-0.15, -0.1) is 6.58 Å². The number of allylic oxidation sites excluding steroid dienone is 1. The van der Waals surface area contributed by atoms with Gasteiger partial charge < -0.3 is 5.11 Å². The monoisotopic (exact) mass is 238 g/mol. The summed E-state index contributed by atoms with van der Waals surface area (Å²) in [5.74, 6) is 0.474. The molecule has 0 heterocycles. The highest BCUT2D eigenvalue weighted by atomic mass is 16.4. The van der Waals surface area contributed by atoms with Gasteiger partial charge >= 0.3 is 5.97 Å². The van der Waals surface area contributed by atoms with Gasteiger partial charge in [-0.05, 0) is 50.4 Å². The van der Waals surface area contributed by atoms with Gasteiger partial charge in [-0.25, -0.2) is 0 Å². The molecule has 0 aromatic rings. The zero-order valence-electron chi connectivity index (χ0n) is 11.0. The van der Waals surface area contributed by atoms with Crippen molar-refractivity contribution >= 4 is 5.97 Å². The molecule has 3 unspecified atom stereocenters. The van der Waals surface area contributed by atoms with E-state index in [9.17, 15) is 9.90 Å². The van der Waals surface area contributed by atoms with Crippen molar-refractivity contribution in [3.8, 4) is 0 Å². The van der Waals surface area contributed by atoms with E-state index in [0.29, 0.717) is 11.8 Å². The molecule has 17 heavy (non-hydrogen) atoms. The maximum atomic E-state index is 11.2. The van der Waals surface area contributed by atoms with Crippen LogP contribution in [0.1, 0.15) is 58.3 Å². The van der Waals surface area contributed by atoms with Crippen LogP contribution in [0.4, 0.5) is 0 Å². The zero-order valence-corrected chi connectivity index (χ0v) is 11.0. The Bertz CT molecular complexity index is 247. The van der Waals surface area contributed by atoms with Crippen LogP contribution in [-0.4, -0.2) is 11.1 Å². The quantitative estimate of drug-likeness (QED) is 0.531. The summed E-state index contributed by atoms with van der Waals surface area (Å²) in [6.07, 6.45) is 10.8. The third kappa shape index (κ3) is 4.93. The molecule has 1 N–H and O–H groups in total. The summed E-state index contributed by atoms with van der Waals surface area (Å²) >= 11 is 0. The molecule has 1 fully saturated rings. The molecule has 0 aromatic carbocycles. The van der Waals surface area contributed by atoms with Gasteiger partial charge in [-0.1, -0.05) is 25.8 Å². The Labute approximate surface area is 105 Å². The Morgan fingerprint density at radius 3 is 2.76 bits per heavy atom. The smallest absolute Gasteiger partial charge is 0.306 e. The lowest BCUT2D eigenvalue weighted by atomic mass is 9.72. The van der Waals surface area contributed by atoms with Gasteiger partial charge in [0.2, 0.25) is 0 Å². The van der Waals surface area contributed by atoms with Gasteiger partial charge in [0.05, 0.1) is 5.92 Å². The first-order valence-electron chi connectivity index (χ1n) is 6.98. The summed E-state index contributed by atoms with van der Waals surface area (Å²) < 4.78 is 0. The largest absolute Gasteiger partial charge is 0.481 e. The first-order valence-corrected chi connectivity index (χ1v) is 6.98. The van der Waals surface area contributed by atoms with Crippen molar-refractivity contribution in [3.05, 3.63) is 12.7 Å². The van der Waals surface area contributed by atoms with Crippen LogP contribution in [0.3, 0.4) is 0 Å². The van der Waals surface area contributed by atoms with Gasteiger partial charge in [-0.3, -0.25) is 4.79 Å². The highest BCUT2D eigenvalue weighted by molar-refractivity contribution is 5.70. The van der Waals surface area contributed by atoms with Crippen molar-refractivity contribution in [2.75, 3.05) is 0 Å². The number of rotatable bonds is 7. The maximum Gasteiger partial charge on any atom is 0.306 e. The lowest BCUT2D eigenvalue weighted by Gasteiger charge is -2.32. The van der Waals surface area contributed by atoms with Crippen molar-refractivity contribution in [1.29, 1.82) is 0 Å². The number of hydrogen-bond acceptors (Lipinski definition) is 1. The second-order valence-electron chi connectivity index (χ2n) is 5.55. The molecule has 1 aliphatic carbocycles. The van der Waals surface area contributed by atoms with Crippen LogP contribution in [0.25, 0.3) is 0 Å². The number of carboxylic acids is 1. The van der Waals surface area contributed by atoms with Gasteiger partial charge in [0.15, 0.2) is 0 Å². The second-order valence-corrected chi connectivity index (χ2v) is 5.55. The molecule has 0 radical (unpaired) electrons. The molecule has 98 valence electrons. The first kappa shape index (κ1) is 14.3.